The average Bonchev–Trinajstić information content (AvgIpc) is 2.67. The van der Waals surface area contributed by atoms with Crippen molar-refractivity contribution in [3.05, 3.63) is 65.2 Å². The minimum absolute atomic E-state index is 0.0599. The summed E-state index contributed by atoms with van der Waals surface area (Å²) >= 11 is 0. The Morgan fingerprint density at radius 3 is 2.19 bits per heavy atom. The van der Waals surface area contributed by atoms with E-state index >= 15 is 0 Å². The Morgan fingerprint density at radius 2 is 1.62 bits per heavy atom. The van der Waals surface area contributed by atoms with Gasteiger partial charge in [-0.05, 0) is 31.0 Å². The summed E-state index contributed by atoms with van der Waals surface area (Å²) < 4.78 is 29.5. The molecule has 0 saturated heterocycles. The molecule has 0 saturated carbocycles. The predicted molar refractivity (Wildman–Crippen MR) is 99.2 cm³/mol. The molecule has 0 spiro atoms. The fraction of sp³-hybridized carbons (Fsp3) is 0.300. The van der Waals surface area contributed by atoms with E-state index in [2.05, 4.69) is 0 Å². The van der Waals surface area contributed by atoms with Crippen LogP contribution in [0, 0.1) is 0 Å². The van der Waals surface area contributed by atoms with E-state index in [9.17, 15) is 18.0 Å². The van der Waals surface area contributed by atoms with Gasteiger partial charge in [0, 0.05) is 5.56 Å². The molecule has 2 rings (SSSR count). The van der Waals surface area contributed by atoms with Gasteiger partial charge >= 0.3 is 5.97 Å². The molecule has 138 valence electrons. The van der Waals surface area contributed by atoms with Crippen LogP contribution in [-0.4, -0.2) is 32.0 Å². The number of ketones is 1. The largest absolute Gasteiger partial charge is 0.451 e. The first-order chi connectivity index (χ1) is 12.3. The molecule has 0 aliphatic heterocycles. The lowest BCUT2D eigenvalue weighted by Crippen LogP contribution is -2.25. The molecule has 0 amide bonds. The standard InChI is InChI=1S/C20H22O5S/c1-4-15-10-12-16(13-11-15)19(21)14(3)25-20(22)17-8-6-7-9-18(17)26(23,24)5-2/h6-14H,4-5H2,1-3H3. The predicted octanol–water partition coefficient (Wildman–Crippen LogP) is 3.47. The Balaban J connectivity index is 2.20. The molecule has 6 heteroatoms. The minimum Gasteiger partial charge on any atom is -0.451 e. The molecule has 26 heavy (non-hydrogen) atoms. The normalized spacial score (nSPS) is 12.4. The first-order valence-corrected chi connectivity index (χ1v) is 10.1. The minimum atomic E-state index is -3.58. The van der Waals surface area contributed by atoms with E-state index in [0.29, 0.717) is 5.56 Å². The highest BCUT2D eigenvalue weighted by molar-refractivity contribution is 7.91. The molecule has 5 nitrogen and oxygen atoms in total. The molecule has 2 aromatic rings. The summed E-state index contributed by atoms with van der Waals surface area (Å²) in [4.78, 5) is 24.8. The van der Waals surface area contributed by atoms with Crippen molar-refractivity contribution in [3.8, 4) is 0 Å². The highest BCUT2D eigenvalue weighted by atomic mass is 32.2. The van der Waals surface area contributed by atoms with Gasteiger partial charge in [0.05, 0.1) is 16.2 Å². The zero-order valence-corrected chi connectivity index (χ0v) is 15.9. The summed E-state index contributed by atoms with van der Waals surface area (Å²) in [5.74, 6) is -1.30. The highest BCUT2D eigenvalue weighted by Crippen LogP contribution is 2.19. The summed E-state index contributed by atoms with van der Waals surface area (Å²) in [7, 11) is -3.58. The Kier molecular flexibility index (Phi) is 6.32. The summed E-state index contributed by atoms with van der Waals surface area (Å²) in [5, 5.41) is 0. The van der Waals surface area contributed by atoms with E-state index in [1.54, 1.807) is 24.3 Å². The van der Waals surface area contributed by atoms with Crippen molar-refractivity contribution in [3.63, 3.8) is 0 Å². The van der Waals surface area contributed by atoms with Gasteiger partial charge in [0.25, 0.3) is 0 Å². The molecule has 0 N–H and O–H groups in total. The maximum absolute atomic E-state index is 12.5. The van der Waals surface area contributed by atoms with Crippen molar-refractivity contribution in [2.45, 2.75) is 38.2 Å². The molecule has 0 heterocycles. The molecular weight excluding hydrogens is 352 g/mol. The topological polar surface area (TPSA) is 77.5 Å². The van der Waals surface area contributed by atoms with E-state index in [0.717, 1.165) is 12.0 Å². The first-order valence-electron chi connectivity index (χ1n) is 8.46. The van der Waals surface area contributed by atoms with Crippen LogP contribution >= 0.6 is 0 Å². The quantitative estimate of drug-likeness (QED) is 0.548. The van der Waals surface area contributed by atoms with Crippen molar-refractivity contribution in [2.24, 2.45) is 0 Å². The smallest absolute Gasteiger partial charge is 0.340 e. The van der Waals surface area contributed by atoms with Gasteiger partial charge in [0.1, 0.15) is 0 Å². The Morgan fingerprint density at radius 1 is 1.00 bits per heavy atom. The van der Waals surface area contributed by atoms with Crippen LogP contribution in [0.4, 0.5) is 0 Å². The van der Waals surface area contributed by atoms with Gasteiger partial charge < -0.3 is 4.74 Å². The SMILES string of the molecule is CCc1ccc(C(=O)C(C)OC(=O)c2ccccc2S(=O)(=O)CC)cc1. The van der Waals surface area contributed by atoms with Crippen LogP contribution in [-0.2, 0) is 21.0 Å². The Bertz CT molecular complexity index is 898. The van der Waals surface area contributed by atoms with Gasteiger partial charge in [-0.1, -0.05) is 50.2 Å². The first kappa shape index (κ1) is 19.8. The maximum Gasteiger partial charge on any atom is 0.340 e. The number of benzene rings is 2. The molecule has 0 aliphatic carbocycles. The highest BCUT2D eigenvalue weighted by Gasteiger charge is 2.25. The number of ether oxygens (including phenoxy) is 1. The summed E-state index contributed by atoms with van der Waals surface area (Å²) in [6, 6.07) is 13.0. The van der Waals surface area contributed by atoms with E-state index in [4.69, 9.17) is 4.74 Å². The number of hydrogen-bond acceptors (Lipinski definition) is 5. The van der Waals surface area contributed by atoms with Gasteiger partial charge in [-0.2, -0.15) is 0 Å². The lowest BCUT2D eigenvalue weighted by molar-refractivity contribution is 0.0315. The number of aryl methyl sites for hydroxylation is 1. The maximum atomic E-state index is 12.5. The lowest BCUT2D eigenvalue weighted by Gasteiger charge is -2.14. The van der Waals surface area contributed by atoms with Gasteiger partial charge in [-0.15, -0.1) is 0 Å². The molecule has 0 radical (unpaired) electrons. The van der Waals surface area contributed by atoms with E-state index in [-0.39, 0.29) is 22.0 Å². The van der Waals surface area contributed by atoms with E-state index < -0.39 is 21.9 Å². The number of rotatable bonds is 7. The second-order valence-corrected chi connectivity index (χ2v) is 8.11. The van der Waals surface area contributed by atoms with Crippen LogP contribution in [0.5, 0.6) is 0 Å². The molecule has 0 aliphatic rings. The molecule has 1 unspecified atom stereocenters. The van der Waals surface area contributed by atoms with Gasteiger partial charge in [0.2, 0.25) is 5.78 Å². The number of carbonyl (C=O) groups is 2. The summed E-state index contributed by atoms with van der Waals surface area (Å²) in [5.41, 5.74) is 1.48. The molecule has 0 bridgehead atoms. The number of sulfone groups is 1. The monoisotopic (exact) mass is 374 g/mol. The summed E-state index contributed by atoms with van der Waals surface area (Å²) in [6.07, 6.45) is -0.158. The van der Waals surface area contributed by atoms with Crippen LogP contribution in [0.25, 0.3) is 0 Å². The van der Waals surface area contributed by atoms with Crippen molar-refractivity contribution in [1.29, 1.82) is 0 Å². The fourth-order valence-corrected chi connectivity index (χ4v) is 3.56. The summed E-state index contributed by atoms with van der Waals surface area (Å²) in [6.45, 7) is 5.00. The molecular formula is C20H22O5S. The lowest BCUT2D eigenvalue weighted by atomic mass is 10.0. The number of carbonyl (C=O) groups excluding carboxylic acids is 2. The van der Waals surface area contributed by atoms with Crippen LogP contribution in [0.1, 0.15) is 47.1 Å². The number of hydrogen-bond donors (Lipinski definition) is 0. The third kappa shape index (κ3) is 4.38. The molecule has 0 aromatic heterocycles. The third-order valence-corrected chi connectivity index (χ3v) is 5.91. The average molecular weight is 374 g/mol. The third-order valence-electron chi connectivity index (χ3n) is 4.12. The van der Waals surface area contributed by atoms with Crippen LogP contribution < -0.4 is 0 Å². The van der Waals surface area contributed by atoms with Crippen LogP contribution in [0.15, 0.2) is 53.4 Å². The van der Waals surface area contributed by atoms with E-state index in [1.165, 1.54) is 26.0 Å². The zero-order valence-electron chi connectivity index (χ0n) is 15.1. The molecule has 2 aromatic carbocycles. The second kappa shape index (κ2) is 8.27. The zero-order chi connectivity index (χ0) is 19.3. The van der Waals surface area contributed by atoms with Gasteiger partial charge in [-0.3, -0.25) is 4.79 Å². The fourth-order valence-electron chi connectivity index (χ4n) is 2.48. The molecule has 1 atom stereocenters. The second-order valence-electron chi connectivity index (χ2n) is 5.86. The van der Waals surface area contributed by atoms with Crippen LogP contribution in [0.3, 0.4) is 0 Å². The Hall–Kier alpha value is -2.47. The van der Waals surface area contributed by atoms with Gasteiger partial charge in [0.15, 0.2) is 15.9 Å². The number of Topliss-reactive ketones (excluding diaryl/α,β-unsaturated/α-hetero) is 1. The van der Waals surface area contributed by atoms with Crippen molar-refractivity contribution >= 4 is 21.6 Å². The Labute approximate surface area is 153 Å². The molecule has 0 fully saturated rings. The van der Waals surface area contributed by atoms with Gasteiger partial charge in [-0.25, -0.2) is 13.2 Å². The van der Waals surface area contributed by atoms with Crippen molar-refractivity contribution in [1.82, 2.24) is 0 Å². The number of esters is 1. The van der Waals surface area contributed by atoms with Crippen molar-refractivity contribution < 1.29 is 22.7 Å². The van der Waals surface area contributed by atoms with Crippen molar-refractivity contribution in [2.75, 3.05) is 5.75 Å². The van der Waals surface area contributed by atoms with E-state index in [1.807, 2.05) is 19.1 Å². The van der Waals surface area contributed by atoms with Crippen LogP contribution in [0.2, 0.25) is 0 Å².